The predicted molar refractivity (Wildman–Crippen MR) is 284 cm³/mol. The van der Waals surface area contributed by atoms with Crippen molar-refractivity contribution >= 4 is 11.9 Å². The highest BCUT2D eigenvalue weighted by Crippen LogP contribution is 2.41. The maximum absolute atomic E-state index is 12.3. The van der Waals surface area contributed by atoms with Gasteiger partial charge in [0.2, 0.25) is 0 Å². The Hall–Kier alpha value is -4.54. The van der Waals surface area contributed by atoms with E-state index in [1.807, 2.05) is 104 Å². The maximum atomic E-state index is 12.3. The maximum Gasteiger partial charge on any atom is 0.308 e. The van der Waals surface area contributed by atoms with Gasteiger partial charge < -0.3 is 52.5 Å². The number of hydrogen-bond donors (Lipinski definition) is 1. The summed E-state index contributed by atoms with van der Waals surface area (Å²) in [7, 11) is 2.86. The van der Waals surface area contributed by atoms with Gasteiger partial charge in [-0.1, -0.05) is 169 Å². The first-order valence-corrected chi connectivity index (χ1v) is 27.4. The number of carbonyl (C=O) groups excluding carboxylic acids is 2. The molecule has 0 bridgehead atoms. The molecule has 2 aliphatic heterocycles. The zero-order chi connectivity index (χ0) is 53.3. The lowest BCUT2D eigenvalue weighted by atomic mass is 9.72. The van der Waals surface area contributed by atoms with Crippen LogP contribution in [0.5, 0.6) is 0 Å². The molecular weight excluding hydrogens is 953 g/mol. The van der Waals surface area contributed by atoms with Crippen LogP contribution in [0.3, 0.4) is 0 Å². The summed E-state index contributed by atoms with van der Waals surface area (Å²) in [4.78, 5) is 24.5. The van der Waals surface area contributed by atoms with Crippen molar-refractivity contribution in [3.05, 3.63) is 144 Å². The van der Waals surface area contributed by atoms with Crippen LogP contribution in [0.15, 0.2) is 121 Å². The van der Waals surface area contributed by atoms with Crippen LogP contribution in [0, 0.1) is 41.4 Å². The topological polar surface area (TPSA) is 147 Å². The highest BCUT2D eigenvalue weighted by Gasteiger charge is 2.49. The van der Waals surface area contributed by atoms with E-state index >= 15 is 0 Å². The zero-order valence-electron chi connectivity index (χ0n) is 45.5. The summed E-state index contributed by atoms with van der Waals surface area (Å²) in [5.41, 5.74) is 4.35. The van der Waals surface area contributed by atoms with Gasteiger partial charge >= 0.3 is 11.9 Å². The quantitative estimate of drug-likeness (QED) is 0.0839. The van der Waals surface area contributed by atoms with Gasteiger partial charge in [-0.3, -0.25) is 9.59 Å². The van der Waals surface area contributed by atoms with Gasteiger partial charge in [-0.05, 0) is 72.6 Å². The molecule has 7 unspecified atom stereocenters. The van der Waals surface area contributed by atoms with Crippen LogP contribution in [-0.2, 0) is 83.4 Å². The monoisotopic (exact) mass is 1040 g/mol. The number of esters is 2. The number of hydrogen-bond acceptors (Lipinski definition) is 13. The van der Waals surface area contributed by atoms with Crippen LogP contribution in [0.25, 0.3) is 0 Å². The fourth-order valence-corrected chi connectivity index (χ4v) is 11.4. The van der Waals surface area contributed by atoms with Crippen molar-refractivity contribution in [2.24, 2.45) is 41.4 Å². The molecule has 410 valence electrons. The van der Waals surface area contributed by atoms with E-state index in [0.717, 1.165) is 47.9 Å². The summed E-state index contributed by atoms with van der Waals surface area (Å²) in [5.74, 6) is -0.180. The highest BCUT2D eigenvalue weighted by atomic mass is 16.7. The van der Waals surface area contributed by atoms with Crippen LogP contribution < -0.4 is 0 Å². The van der Waals surface area contributed by atoms with Crippen LogP contribution in [0.2, 0.25) is 0 Å². The second-order valence-electron chi connectivity index (χ2n) is 21.3. The molecule has 0 radical (unpaired) electrons. The predicted octanol–water partition coefficient (Wildman–Crippen LogP) is 10.7. The van der Waals surface area contributed by atoms with Crippen molar-refractivity contribution in [1.29, 1.82) is 0 Å². The summed E-state index contributed by atoms with van der Waals surface area (Å²) >= 11 is 0. The van der Waals surface area contributed by atoms with Gasteiger partial charge in [0.15, 0.2) is 12.6 Å². The van der Waals surface area contributed by atoms with Crippen molar-refractivity contribution in [3.8, 4) is 0 Å². The molecule has 4 aliphatic rings. The number of rotatable bonds is 20. The second kappa shape index (κ2) is 29.3. The number of benzene rings is 4. The normalized spacial score (nSPS) is 32.8. The van der Waals surface area contributed by atoms with Gasteiger partial charge in [0, 0.05) is 11.8 Å². The van der Waals surface area contributed by atoms with Gasteiger partial charge in [0.05, 0.1) is 95.7 Å². The molecule has 4 aromatic carbocycles. The number of ether oxygens (including phenoxy) is 10. The lowest BCUT2D eigenvalue weighted by molar-refractivity contribution is -0.324. The molecule has 4 aromatic rings. The van der Waals surface area contributed by atoms with Gasteiger partial charge in [-0.2, -0.15) is 0 Å². The van der Waals surface area contributed by atoms with Crippen molar-refractivity contribution in [2.75, 3.05) is 20.8 Å². The summed E-state index contributed by atoms with van der Waals surface area (Å²) in [6.07, 6.45) is 0.0397. The van der Waals surface area contributed by atoms with E-state index in [0.29, 0.717) is 45.9 Å². The average Bonchev–Trinajstić information content (AvgIpc) is 3.44. The second-order valence-corrected chi connectivity index (χ2v) is 21.3. The summed E-state index contributed by atoms with van der Waals surface area (Å²) in [6.45, 7) is 15.0. The van der Waals surface area contributed by atoms with E-state index < -0.39 is 30.9 Å². The third-order valence-corrected chi connectivity index (χ3v) is 15.9. The van der Waals surface area contributed by atoms with Crippen molar-refractivity contribution < 1.29 is 62.1 Å². The van der Waals surface area contributed by atoms with E-state index in [4.69, 9.17) is 47.4 Å². The SMILES string of the molecule is CC[C@@H]1CC(C(=O)OC)C[C@@H](C)C1O[C@@H]1OC[C@@H](C)[C@H](OCc2ccccc2)C1OCc1ccccc1.CC[C@@H]1CC(C(=O)OC)C[C@@H](O)C1O[C@@H]1OC(C)[C@@H](C)[C@H](OCc2ccccc2)C1OCc1ccccc1. The lowest BCUT2D eigenvalue weighted by Gasteiger charge is -2.47. The first-order chi connectivity index (χ1) is 36.4. The molecule has 13 heteroatoms. The Morgan fingerprint density at radius 1 is 0.493 bits per heavy atom. The minimum Gasteiger partial charge on any atom is -0.469 e. The largest absolute Gasteiger partial charge is 0.469 e. The number of carbonyl (C=O) groups is 2. The summed E-state index contributed by atoms with van der Waals surface area (Å²) < 4.78 is 62.1. The molecule has 2 saturated heterocycles. The molecule has 17 atom stereocenters. The first-order valence-electron chi connectivity index (χ1n) is 27.4. The summed E-state index contributed by atoms with van der Waals surface area (Å²) in [6, 6.07) is 40.5. The molecule has 2 heterocycles. The van der Waals surface area contributed by atoms with Crippen LogP contribution in [0.1, 0.15) is 102 Å². The van der Waals surface area contributed by atoms with Gasteiger partial charge in [0.25, 0.3) is 0 Å². The molecule has 75 heavy (non-hydrogen) atoms. The molecule has 8 rings (SSSR count). The Bertz CT molecular complexity index is 2250. The fraction of sp³-hybridized carbons (Fsp3) is 0.581. The van der Waals surface area contributed by atoms with Crippen LogP contribution >= 0.6 is 0 Å². The van der Waals surface area contributed by atoms with Gasteiger partial charge in [-0.25, -0.2) is 0 Å². The standard InChI is InChI=1S/C31H42O7.C31H42O6/c1-5-24-16-25(30(33)34-4)17-26(32)28(24)38-31-29(36-19-23-14-10-7-11-15-23)27(20(2)21(3)37-31)35-18-22-12-8-6-9-13-22;1-5-25-17-26(30(32)33-4)16-21(2)27(25)37-31-29(35-20-24-14-10-7-11-15-24)28(22(3)18-36-31)34-19-23-12-8-6-9-13-23/h6-15,20-21,24-29,31-32H,5,16-19H2,1-4H3;6-15,21-22,25-29,31H,5,16-20H2,1-4H3/t20-,21?,24-,25?,26-,27+,28?,29?,31+;21-,22-,25-,26?,27?,28+,29?,31+/m11/s1. The van der Waals surface area contributed by atoms with Crippen molar-refractivity contribution in [3.63, 3.8) is 0 Å². The number of aliphatic hydroxyl groups is 1. The lowest BCUT2D eigenvalue weighted by Crippen LogP contribution is -2.58. The average molecular weight is 1040 g/mol. The Labute approximate surface area is 446 Å². The Kier molecular flexibility index (Phi) is 22.7. The van der Waals surface area contributed by atoms with E-state index in [2.05, 4.69) is 58.9 Å². The fourth-order valence-electron chi connectivity index (χ4n) is 11.4. The van der Waals surface area contributed by atoms with E-state index in [1.54, 1.807) is 0 Å². The molecule has 2 saturated carbocycles. The molecular formula is C62H84O13. The van der Waals surface area contributed by atoms with Crippen LogP contribution in [-0.4, -0.2) is 99.3 Å². The number of aliphatic hydroxyl groups excluding tert-OH is 1. The minimum absolute atomic E-state index is 0.0143. The molecule has 0 amide bonds. The Balaban J connectivity index is 0.000000219. The molecule has 13 nitrogen and oxygen atoms in total. The Morgan fingerprint density at radius 3 is 1.35 bits per heavy atom. The number of methoxy groups -OCH3 is 2. The van der Waals surface area contributed by atoms with Crippen molar-refractivity contribution in [2.45, 2.75) is 168 Å². The molecule has 4 fully saturated rings. The third kappa shape index (κ3) is 16.0. The highest BCUT2D eigenvalue weighted by molar-refractivity contribution is 5.73. The third-order valence-electron chi connectivity index (χ3n) is 15.9. The van der Waals surface area contributed by atoms with Crippen LogP contribution in [0.4, 0.5) is 0 Å². The van der Waals surface area contributed by atoms with Crippen molar-refractivity contribution in [1.82, 2.24) is 0 Å². The van der Waals surface area contributed by atoms with E-state index in [1.165, 1.54) is 14.2 Å². The first kappa shape index (κ1) is 58.1. The van der Waals surface area contributed by atoms with Gasteiger partial charge in [0.1, 0.15) is 12.2 Å². The van der Waals surface area contributed by atoms with E-state index in [-0.39, 0.29) is 83.9 Å². The minimum atomic E-state index is -0.811. The zero-order valence-corrected chi connectivity index (χ0v) is 45.5. The molecule has 0 aromatic heterocycles. The summed E-state index contributed by atoms with van der Waals surface area (Å²) in [5, 5.41) is 11.1. The molecule has 1 N–H and O–H groups in total. The molecule has 0 spiro atoms. The smallest absolute Gasteiger partial charge is 0.308 e. The Morgan fingerprint density at radius 2 is 0.893 bits per heavy atom. The molecule has 2 aliphatic carbocycles. The van der Waals surface area contributed by atoms with Gasteiger partial charge in [-0.15, -0.1) is 0 Å². The van der Waals surface area contributed by atoms with E-state index in [9.17, 15) is 14.7 Å².